The predicted molar refractivity (Wildman–Crippen MR) is 163 cm³/mol. The van der Waals surface area contributed by atoms with Crippen molar-refractivity contribution in [1.29, 1.82) is 0 Å². The van der Waals surface area contributed by atoms with Gasteiger partial charge in [0.15, 0.2) is 0 Å². The van der Waals surface area contributed by atoms with Crippen molar-refractivity contribution in [3.63, 3.8) is 0 Å². The number of benzene rings is 5. The predicted octanol–water partition coefficient (Wildman–Crippen LogP) is 6.12. The van der Waals surface area contributed by atoms with Gasteiger partial charge in [0.05, 0.1) is 11.4 Å². The maximum absolute atomic E-state index is 13.9. The van der Waals surface area contributed by atoms with Crippen LogP contribution in [0, 0.1) is 0 Å². The maximum Gasteiger partial charge on any atom is 0.255 e. The highest BCUT2D eigenvalue weighted by Crippen LogP contribution is 2.31. The molecule has 202 valence electrons. The van der Waals surface area contributed by atoms with Crippen LogP contribution in [0.25, 0.3) is 11.1 Å². The van der Waals surface area contributed by atoms with Crippen molar-refractivity contribution in [1.82, 2.24) is 0 Å². The van der Waals surface area contributed by atoms with Crippen LogP contribution >= 0.6 is 0 Å². The fraction of sp³-hybridized carbons (Fsp3) is 0.0294. The molecule has 0 saturated heterocycles. The minimum atomic E-state index is -1.27. The Balaban J connectivity index is 1.40. The Hall–Kier alpha value is -5.69. The van der Waals surface area contributed by atoms with Crippen LogP contribution in [0.15, 0.2) is 133 Å². The van der Waals surface area contributed by atoms with Crippen LogP contribution in [-0.4, -0.2) is 17.7 Å². The van der Waals surface area contributed by atoms with E-state index in [1.807, 2.05) is 78.9 Å². The number of nitrogen functional groups attached to an aromatic ring is 1. The van der Waals surface area contributed by atoms with Crippen LogP contribution < -0.4 is 21.7 Å². The molecule has 0 heterocycles. The number of primary amides is 1. The number of anilines is 4. The minimum absolute atomic E-state index is 0.330. The van der Waals surface area contributed by atoms with Gasteiger partial charge in [0.2, 0.25) is 11.8 Å². The van der Waals surface area contributed by atoms with E-state index in [0.29, 0.717) is 33.9 Å². The molecule has 7 heteroatoms. The monoisotopic (exact) mass is 540 g/mol. The van der Waals surface area contributed by atoms with Gasteiger partial charge in [-0.05, 0) is 65.2 Å². The zero-order valence-corrected chi connectivity index (χ0v) is 22.1. The molecule has 7 nitrogen and oxygen atoms in total. The van der Waals surface area contributed by atoms with Crippen molar-refractivity contribution in [3.8, 4) is 11.1 Å². The highest BCUT2D eigenvalue weighted by molar-refractivity contribution is 6.15. The molecule has 5 aromatic rings. The lowest BCUT2D eigenvalue weighted by atomic mass is 9.95. The molecular weight excluding hydrogens is 512 g/mol. The number of carbonyl (C=O) groups excluding carboxylic acids is 3. The van der Waals surface area contributed by atoms with E-state index in [4.69, 9.17) is 11.5 Å². The molecule has 0 aliphatic carbocycles. The molecule has 5 N–H and O–H groups in total. The zero-order valence-electron chi connectivity index (χ0n) is 22.1. The van der Waals surface area contributed by atoms with Gasteiger partial charge in [-0.1, -0.05) is 84.9 Å². The molecule has 1 atom stereocenters. The van der Waals surface area contributed by atoms with Gasteiger partial charge in [-0.25, -0.2) is 0 Å². The van der Waals surface area contributed by atoms with Gasteiger partial charge >= 0.3 is 0 Å². The van der Waals surface area contributed by atoms with E-state index in [-0.39, 0.29) is 5.91 Å². The van der Waals surface area contributed by atoms with Gasteiger partial charge in [0.1, 0.15) is 5.92 Å². The average molecular weight is 541 g/mol. The molecule has 0 radical (unpaired) electrons. The maximum atomic E-state index is 13.9. The highest BCUT2D eigenvalue weighted by atomic mass is 16.2. The second kappa shape index (κ2) is 12.0. The van der Waals surface area contributed by atoms with Crippen molar-refractivity contribution in [2.45, 2.75) is 5.92 Å². The van der Waals surface area contributed by atoms with E-state index in [1.54, 1.807) is 54.6 Å². The smallest absolute Gasteiger partial charge is 0.255 e. The zero-order chi connectivity index (χ0) is 28.8. The summed E-state index contributed by atoms with van der Waals surface area (Å²) in [6.45, 7) is 0. The third kappa shape index (κ3) is 5.99. The van der Waals surface area contributed by atoms with Crippen LogP contribution in [0.5, 0.6) is 0 Å². The molecule has 0 fully saturated rings. The van der Waals surface area contributed by atoms with E-state index < -0.39 is 17.7 Å². The number of hydrogen-bond acceptors (Lipinski definition) is 4. The van der Waals surface area contributed by atoms with E-state index >= 15 is 0 Å². The van der Waals surface area contributed by atoms with Crippen LogP contribution in [0.4, 0.5) is 22.7 Å². The summed E-state index contributed by atoms with van der Waals surface area (Å²) in [4.78, 5) is 41.1. The molecule has 1 unspecified atom stereocenters. The Bertz CT molecular complexity index is 1630. The fourth-order valence-corrected chi connectivity index (χ4v) is 4.61. The number of para-hydroxylation sites is 2. The van der Waals surface area contributed by atoms with Crippen molar-refractivity contribution in [2.24, 2.45) is 5.73 Å². The number of hydrogen-bond donors (Lipinski definition) is 3. The molecule has 0 bridgehead atoms. The van der Waals surface area contributed by atoms with E-state index in [0.717, 1.165) is 11.1 Å². The third-order valence-corrected chi connectivity index (χ3v) is 6.70. The highest BCUT2D eigenvalue weighted by Gasteiger charge is 2.32. The van der Waals surface area contributed by atoms with Crippen molar-refractivity contribution in [3.05, 3.63) is 145 Å². The molecule has 0 spiro atoms. The number of nitrogens with two attached hydrogens (primary N) is 2. The largest absolute Gasteiger partial charge is 0.397 e. The first kappa shape index (κ1) is 26.9. The standard InChI is InChI=1S/C34H28N4O3/c35-29-21-20-26(23-10-4-1-5-11-23)22-30(29)37-33(40)25-18-16-24(17-19-25)31(32(36)39)34(41)38(27-12-6-2-7-13-27)28-14-8-3-9-15-28/h1-22,31H,35H2,(H2,36,39)(H,37,40). The first-order valence-electron chi connectivity index (χ1n) is 13.0. The Kier molecular flexibility index (Phi) is 7.88. The lowest BCUT2D eigenvalue weighted by Gasteiger charge is -2.26. The van der Waals surface area contributed by atoms with Crippen LogP contribution in [-0.2, 0) is 9.59 Å². The van der Waals surface area contributed by atoms with Crippen LogP contribution in [0.2, 0.25) is 0 Å². The Morgan fingerprint density at radius 3 is 1.71 bits per heavy atom. The summed E-state index contributed by atoms with van der Waals surface area (Å²) in [6, 6.07) is 39.6. The SMILES string of the molecule is NC(=O)C(C(=O)N(c1ccccc1)c1ccccc1)c1ccc(C(=O)Nc2cc(-c3ccccc3)ccc2N)cc1. The van der Waals surface area contributed by atoms with Crippen molar-refractivity contribution in [2.75, 3.05) is 16.0 Å². The summed E-state index contributed by atoms with van der Waals surface area (Å²) in [5.74, 6) is -2.96. The topological polar surface area (TPSA) is 119 Å². The summed E-state index contributed by atoms with van der Waals surface area (Å²) in [5.41, 5.74) is 16.6. The van der Waals surface area contributed by atoms with Gasteiger partial charge in [-0.3, -0.25) is 19.3 Å². The normalized spacial score (nSPS) is 11.3. The summed E-state index contributed by atoms with van der Waals surface area (Å²) in [6.07, 6.45) is 0. The molecule has 5 aromatic carbocycles. The fourth-order valence-electron chi connectivity index (χ4n) is 4.61. The van der Waals surface area contributed by atoms with Gasteiger partial charge in [-0.15, -0.1) is 0 Å². The molecule has 0 saturated carbocycles. The lowest BCUT2D eigenvalue weighted by molar-refractivity contribution is -0.128. The molecule has 3 amide bonds. The summed E-state index contributed by atoms with van der Waals surface area (Å²) in [5, 5.41) is 2.86. The molecular formula is C34H28N4O3. The quantitative estimate of drug-likeness (QED) is 0.162. The molecule has 0 aliphatic rings. The van der Waals surface area contributed by atoms with Gasteiger partial charge in [0, 0.05) is 16.9 Å². The Morgan fingerprint density at radius 2 is 1.17 bits per heavy atom. The number of nitrogens with one attached hydrogen (secondary N) is 1. The number of nitrogens with zero attached hydrogens (tertiary/aromatic N) is 1. The van der Waals surface area contributed by atoms with Gasteiger partial charge in [0.25, 0.3) is 5.91 Å². The van der Waals surface area contributed by atoms with Crippen LogP contribution in [0.3, 0.4) is 0 Å². The summed E-state index contributed by atoms with van der Waals surface area (Å²) >= 11 is 0. The molecule has 41 heavy (non-hydrogen) atoms. The lowest BCUT2D eigenvalue weighted by Crippen LogP contribution is -2.38. The molecule has 0 aliphatic heterocycles. The number of carbonyl (C=O) groups is 3. The number of amides is 3. The van der Waals surface area contributed by atoms with Gasteiger partial charge < -0.3 is 16.8 Å². The van der Waals surface area contributed by atoms with E-state index in [2.05, 4.69) is 5.32 Å². The van der Waals surface area contributed by atoms with Crippen LogP contribution in [0.1, 0.15) is 21.8 Å². The Morgan fingerprint density at radius 1 is 0.634 bits per heavy atom. The average Bonchev–Trinajstić information content (AvgIpc) is 3.00. The second-order valence-electron chi connectivity index (χ2n) is 9.42. The van der Waals surface area contributed by atoms with E-state index in [9.17, 15) is 14.4 Å². The number of rotatable bonds is 8. The van der Waals surface area contributed by atoms with Crippen molar-refractivity contribution >= 4 is 40.5 Å². The van der Waals surface area contributed by atoms with Gasteiger partial charge in [-0.2, -0.15) is 0 Å². The summed E-state index contributed by atoms with van der Waals surface area (Å²) < 4.78 is 0. The third-order valence-electron chi connectivity index (χ3n) is 6.70. The first-order chi connectivity index (χ1) is 19.9. The molecule has 0 aromatic heterocycles. The molecule has 5 rings (SSSR count). The second-order valence-corrected chi connectivity index (χ2v) is 9.42. The van der Waals surface area contributed by atoms with Crippen molar-refractivity contribution < 1.29 is 14.4 Å². The van der Waals surface area contributed by atoms with E-state index in [1.165, 1.54) is 4.90 Å². The summed E-state index contributed by atoms with van der Waals surface area (Å²) in [7, 11) is 0. The first-order valence-corrected chi connectivity index (χ1v) is 13.0. The Labute approximate surface area is 238 Å². The minimum Gasteiger partial charge on any atom is -0.397 e.